The summed E-state index contributed by atoms with van der Waals surface area (Å²) in [6, 6.07) is 0.244. The molecule has 0 aliphatic carbocycles. The van der Waals surface area contributed by atoms with Crippen molar-refractivity contribution >= 4 is 17.9 Å². The van der Waals surface area contributed by atoms with Gasteiger partial charge in [-0.05, 0) is 13.3 Å². The first-order chi connectivity index (χ1) is 9.12. The highest BCUT2D eigenvalue weighted by molar-refractivity contribution is 5.87. The minimum Gasteiger partial charge on any atom is -0.461 e. The van der Waals surface area contributed by atoms with E-state index in [-0.39, 0.29) is 30.8 Å². The summed E-state index contributed by atoms with van der Waals surface area (Å²) in [5.74, 6) is -0.682. The largest absolute Gasteiger partial charge is 0.461 e. The summed E-state index contributed by atoms with van der Waals surface area (Å²) >= 11 is 0. The molecule has 0 aliphatic rings. The molecule has 0 aromatic carbocycles. The second kappa shape index (κ2) is 7.40. The van der Waals surface area contributed by atoms with E-state index in [0.29, 0.717) is 6.54 Å². The van der Waals surface area contributed by atoms with E-state index in [1.54, 1.807) is 18.9 Å². The molecule has 0 bridgehead atoms. The number of nitrogens with one attached hydrogen (secondary N) is 1. The number of esters is 1. The second-order valence-electron chi connectivity index (χ2n) is 3.83. The third kappa shape index (κ3) is 4.27. The quantitative estimate of drug-likeness (QED) is 0.737. The Morgan fingerprint density at radius 2 is 2.21 bits per heavy atom. The molecule has 1 rings (SSSR count). The van der Waals surface area contributed by atoms with E-state index in [1.807, 2.05) is 6.92 Å². The molecular formula is C12H19N3O4. The Balaban J connectivity index is 2.79. The molecule has 106 valence electrons. The lowest BCUT2D eigenvalue weighted by molar-refractivity contribution is -0.119. The van der Waals surface area contributed by atoms with Crippen LogP contribution < -0.4 is 10.2 Å². The molecule has 1 N–H and O–H groups in total. The van der Waals surface area contributed by atoms with Crippen LogP contribution in [-0.4, -0.2) is 43.6 Å². The number of carbonyl (C=O) groups excluding carboxylic acids is 2. The summed E-state index contributed by atoms with van der Waals surface area (Å²) in [6.45, 7) is 4.71. The lowest BCUT2D eigenvalue weighted by atomic mass is 10.4. The van der Waals surface area contributed by atoms with Crippen LogP contribution in [0, 0.1) is 0 Å². The van der Waals surface area contributed by atoms with Gasteiger partial charge in [-0.25, -0.2) is 4.79 Å². The fourth-order valence-electron chi connectivity index (χ4n) is 1.47. The maximum absolute atomic E-state index is 11.5. The van der Waals surface area contributed by atoms with Crippen molar-refractivity contribution in [1.82, 2.24) is 10.3 Å². The summed E-state index contributed by atoms with van der Waals surface area (Å²) in [5.41, 5.74) is 0.106. The Labute approximate surface area is 111 Å². The van der Waals surface area contributed by atoms with Gasteiger partial charge >= 0.3 is 5.97 Å². The van der Waals surface area contributed by atoms with E-state index in [1.165, 1.54) is 6.26 Å². The predicted molar refractivity (Wildman–Crippen MR) is 69.0 cm³/mol. The average Bonchev–Trinajstić information content (AvgIpc) is 2.88. The van der Waals surface area contributed by atoms with Crippen molar-refractivity contribution < 1.29 is 18.7 Å². The van der Waals surface area contributed by atoms with Crippen molar-refractivity contribution in [2.24, 2.45) is 0 Å². The van der Waals surface area contributed by atoms with Crippen LogP contribution in [0.5, 0.6) is 0 Å². The molecule has 0 radical (unpaired) electrons. The van der Waals surface area contributed by atoms with Gasteiger partial charge in [0.1, 0.15) is 12.8 Å². The van der Waals surface area contributed by atoms with E-state index in [9.17, 15) is 9.59 Å². The van der Waals surface area contributed by atoms with Gasteiger partial charge in [0.2, 0.25) is 5.91 Å². The Hall–Kier alpha value is -2.05. The third-order valence-electron chi connectivity index (χ3n) is 2.35. The molecular weight excluding hydrogens is 250 g/mol. The molecule has 0 saturated carbocycles. The van der Waals surface area contributed by atoms with Crippen LogP contribution in [-0.2, 0) is 9.53 Å². The minimum atomic E-state index is -0.533. The number of amides is 1. The lowest BCUT2D eigenvalue weighted by Crippen LogP contribution is -2.36. The predicted octanol–water partition coefficient (Wildman–Crippen LogP) is 0.814. The highest BCUT2D eigenvalue weighted by Gasteiger charge is 2.18. The van der Waals surface area contributed by atoms with Crippen LogP contribution in [0.25, 0.3) is 0 Å². The lowest BCUT2D eigenvalue weighted by Gasteiger charge is -2.18. The summed E-state index contributed by atoms with van der Waals surface area (Å²) < 4.78 is 10.1. The van der Waals surface area contributed by atoms with E-state index in [4.69, 9.17) is 9.15 Å². The average molecular weight is 269 g/mol. The van der Waals surface area contributed by atoms with Gasteiger partial charge in [-0.1, -0.05) is 6.92 Å². The van der Waals surface area contributed by atoms with Crippen molar-refractivity contribution in [3.63, 3.8) is 0 Å². The first kappa shape index (κ1) is 15.0. The van der Waals surface area contributed by atoms with Gasteiger partial charge in [0.25, 0.3) is 6.01 Å². The normalized spacial score (nSPS) is 10.1. The summed E-state index contributed by atoms with van der Waals surface area (Å²) in [7, 11) is 1.56. The van der Waals surface area contributed by atoms with Crippen LogP contribution in [0.3, 0.4) is 0 Å². The fourth-order valence-corrected chi connectivity index (χ4v) is 1.47. The van der Waals surface area contributed by atoms with Crippen LogP contribution >= 0.6 is 0 Å². The topological polar surface area (TPSA) is 84.7 Å². The van der Waals surface area contributed by atoms with Crippen molar-refractivity contribution in [2.75, 3.05) is 31.6 Å². The molecule has 0 unspecified atom stereocenters. The molecule has 7 nitrogen and oxygen atoms in total. The van der Waals surface area contributed by atoms with E-state index in [0.717, 1.165) is 6.42 Å². The van der Waals surface area contributed by atoms with Gasteiger partial charge in [-0.3, -0.25) is 4.79 Å². The summed E-state index contributed by atoms with van der Waals surface area (Å²) in [6.07, 6.45) is 2.06. The number of nitrogens with zero attached hydrogens (tertiary/aromatic N) is 2. The Bertz CT molecular complexity index is 430. The number of likely N-dealkylation sites (N-methyl/N-ethyl adjacent to an activating group) is 1. The first-order valence-electron chi connectivity index (χ1n) is 6.20. The molecule has 7 heteroatoms. The van der Waals surface area contributed by atoms with Crippen LogP contribution in [0.15, 0.2) is 10.7 Å². The van der Waals surface area contributed by atoms with Crippen molar-refractivity contribution in [3.05, 3.63) is 12.0 Å². The fraction of sp³-hybridized carbons (Fsp3) is 0.583. The molecule has 0 spiro atoms. The number of rotatable bonds is 7. The van der Waals surface area contributed by atoms with Gasteiger partial charge in [-0.15, -0.1) is 0 Å². The van der Waals surface area contributed by atoms with Crippen molar-refractivity contribution in [1.29, 1.82) is 0 Å². The highest BCUT2D eigenvalue weighted by atomic mass is 16.5. The van der Waals surface area contributed by atoms with E-state index >= 15 is 0 Å². The van der Waals surface area contributed by atoms with E-state index < -0.39 is 5.97 Å². The molecule has 0 fully saturated rings. The molecule has 1 aromatic heterocycles. The number of oxazole rings is 1. The number of hydrogen-bond donors (Lipinski definition) is 1. The molecule has 0 atom stereocenters. The molecule has 1 amide bonds. The second-order valence-corrected chi connectivity index (χ2v) is 3.83. The van der Waals surface area contributed by atoms with Gasteiger partial charge in [0.05, 0.1) is 6.61 Å². The smallest absolute Gasteiger partial charge is 0.360 e. The van der Waals surface area contributed by atoms with Crippen LogP contribution in [0.2, 0.25) is 0 Å². The molecule has 19 heavy (non-hydrogen) atoms. The van der Waals surface area contributed by atoms with Crippen molar-refractivity contribution in [3.8, 4) is 0 Å². The number of hydrogen-bond acceptors (Lipinski definition) is 6. The number of anilines is 1. The van der Waals surface area contributed by atoms with Gasteiger partial charge in [0, 0.05) is 13.6 Å². The third-order valence-corrected chi connectivity index (χ3v) is 2.35. The van der Waals surface area contributed by atoms with Crippen LogP contribution in [0.4, 0.5) is 6.01 Å². The molecule has 1 aromatic rings. The standard InChI is InChI=1S/C12H19N3O4/c1-4-6-15(7-10(16)13-3)12-14-9(8-19-12)11(17)18-5-2/h8H,4-7H2,1-3H3,(H,13,16). The Kier molecular flexibility index (Phi) is 5.84. The zero-order valence-electron chi connectivity index (χ0n) is 11.4. The summed E-state index contributed by atoms with van der Waals surface area (Å²) in [5, 5.41) is 2.53. The molecule has 0 aliphatic heterocycles. The van der Waals surface area contributed by atoms with Gasteiger partial charge in [-0.2, -0.15) is 4.98 Å². The Morgan fingerprint density at radius 1 is 1.47 bits per heavy atom. The maximum atomic E-state index is 11.5. The maximum Gasteiger partial charge on any atom is 0.360 e. The van der Waals surface area contributed by atoms with Crippen molar-refractivity contribution in [2.45, 2.75) is 20.3 Å². The summed E-state index contributed by atoms with van der Waals surface area (Å²) in [4.78, 5) is 28.6. The van der Waals surface area contributed by atoms with Crippen LogP contribution in [0.1, 0.15) is 30.8 Å². The number of ether oxygens (including phenoxy) is 1. The highest BCUT2D eigenvalue weighted by Crippen LogP contribution is 2.14. The van der Waals surface area contributed by atoms with Gasteiger partial charge < -0.3 is 19.4 Å². The SMILES string of the molecule is CCCN(CC(=O)NC)c1nc(C(=O)OCC)co1. The molecule has 0 saturated heterocycles. The number of aromatic nitrogens is 1. The zero-order valence-corrected chi connectivity index (χ0v) is 11.4. The monoisotopic (exact) mass is 269 g/mol. The number of carbonyl (C=O) groups is 2. The first-order valence-corrected chi connectivity index (χ1v) is 6.20. The zero-order chi connectivity index (χ0) is 14.3. The molecule has 1 heterocycles. The van der Waals surface area contributed by atoms with Gasteiger partial charge in [0.15, 0.2) is 5.69 Å². The Morgan fingerprint density at radius 3 is 2.79 bits per heavy atom. The van der Waals surface area contributed by atoms with E-state index in [2.05, 4.69) is 10.3 Å². The minimum absolute atomic E-state index is 0.106.